The molecule has 0 saturated heterocycles. The van der Waals surface area contributed by atoms with Crippen LogP contribution in [-0.2, 0) is 6.54 Å². The topological polar surface area (TPSA) is 62.5 Å². The summed E-state index contributed by atoms with van der Waals surface area (Å²) in [5.41, 5.74) is 2.60. The van der Waals surface area contributed by atoms with Gasteiger partial charge in [-0.25, -0.2) is 0 Å². The van der Waals surface area contributed by atoms with E-state index in [1.54, 1.807) is 12.1 Å². The van der Waals surface area contributed by atoms with Crippen molar-refractivity contribution in [1.82, 2.24) is 15.1 Å². The molecule has 0 radical (unpaired) electrons. The number of benzene rings is 2. The molecule has 0 aliphatic heterocycles. The Labute approximate surface area is 181 Å². The molecule has 1 amide bonds. The van der Waals surface area contributed by atoms with E-state index in [2.05, 4.69) is 28.9 Å². The lowest BCUT2D eigenvalue weighted by atomic mass is 10.1. The fourth-order valence-corrected chi connectivity index (χ4v) is 3.62. The van der Waals surface area contributed by atoms with Gasteiger partial charge in [0, 0.05) is 41.0 Å². The van der Waals surface area contributed by atoms with E-state index in [0.29, 0.717) is 28.9 Å². The number of rotatable bonds is 8. The molecule has 2 aromatic carbocycles. The summed E-state index contributed by atoms with van der Waals surface area (Å²) in [7, 11) is 0. The van der Waals surface area contributed by atoms with Gasteiger partial charge in [-0.05, 0) is 75.2 Å². The van der Waals surface area contributed by atoms with Crippen molar-refractivity contribution in [2.75, 3.05) is 18.0 Å². The van der Waals surface area contributed by atoms with Crippen molar-refractivity contribution in [2.45, 2.75) is 39.3 Å². The van der Waals surface area contributed by atoms with Gasteiger partial charge in [0.05, 0.1) is 6.54 Å². The molecule has 30 heavy (non-hydrogen) atoms. The average molecular weight is 425 g/mol. The fraction of sp³-hybridized carbons (Fsp3) is 0.348. The lowest BCUT2D eigenvalue weighted by molar-refractivity contribution is 0.0714. The van der Waals surface area contributed by atoms with E-state index in [1.165, 1.54) is 0 Å². The molecule has 156 valence electrons. The van der Waals surface area contributed by atoms with Crippen LogP contribution in [0.3, 0.4) is 0 Å². The van der Waals surface area contributed by atoms with E-state index in [0.717, 1.165) is 37.2 Å². The number of halogens is 1. The number of hydrogen-bond acceptors (Lipinski definition) is 5. The minimum absolute atomic E-state index is 0.00478. The molecule has 1 saturated carbocycles. The first-order chi connectivity index (χ1) is 14.6. The molecule has 1 aliphatic rings. The van der Waals surface area contributed by atoms with E-state index in [4.69, 9.17) is 16.0 Å². The number of nitrogens with zero attached hydrogens (tertiary/aromatic N) is 4. The molecule has 0 N–H and O–H groups in total. The minimum atomic E-state index is -0.00478. The lowest BCUT2D eigenvalue weighted by Gasteiger charge is -2.23. The van der Waals surface area contributed by atoms with Gasteiger partial charge >= 0.3 is 0 Å². The Morgan fingerprint density at radius 2 is 1.70 bits per heavy atom. The molecule has 0 atom stereocenters. The first-order valence-electron chi connectivity index (χ1n) is 10.3. The Bertz CT molecular complexity index is 993. The van der Waals surface area contributed by atoms with E-state index in [9.17, 15) is 4.79 Å². The van der Waals surface area contributed by atoms with Gasteiger partial charge in [0.25, 0.3) is 5.91 Å². The third-order valence-corrected chi connectivity index (χ3v) is 5.61. The van der Waals surface area contributed by atoms with Gasteiger partial charge in [-0.15, -0.1) is 10.2 Å². The van der Waals surface area contributed by atoms with Crippen LogP contribution in [0.4, 0.5) is 5.69 Å². The van der Waals surface area contributed by atoms with Crippen molar-refractivity contribution in [2.24, 2.45) is 0 Å². The van der Waals surface area contributed by atoms with Crippen LogP contribution in [0.25, 0.3) is 11.5 Å². The normalized spacial score (nSPS) is 13.3. The maximum Gasteiger partial charge on any atom is 0.254 e. The molecule has 0 spiro atoms. The zero-order valence-electron chi connectivity index (χ0n) is 17.2. The van der Waals surface area contributed by atoms with Gasteiger partial charge in [0.2, 0.25) is 11.8 Å². The Hall–Kier alpha value is -2.86. The monoisotopic (exact) mass is 424 g/mol. The maximum absolute atomic E-state index is 13.2. The minimum Gasteiger partial charge on any atom is -0.419 e. The highest BCUT2D eigenvalue weighted by Crippen LogP contribution is 2.30. The molecule has 1 aromatic heterocycles. The Kier molecular flexibility index (Phi) is 6.04. The van der Waals surface area contributed by atoms with Crippen molar-refractivity contribution in [3.05, 3.63) is 65.0 Å². The summed E-state index contributed by atoms with van der Waals surface area (Å²) in [6.07, 6.45) is 2.00. The van der Waals surface area contributed by atoms with Crippen LogP contribution in [0.5, 0.6) is 0 Å². The molecular formula is C23H25ClN4O2. The molecule has 0 unspecified atom stereocenters. The third-order valence-electron chi connectivity index (χ3n) is 5.35. The van der Waals surface area contributed by atoms with Gasteiger partial charge in [-0.1, -0.05) is 11.6 Å². The second kappa shape index (κ2) is 8.88. The first-order valence-corrected chi connectivity index (χ1v) is 10.7. The van der Waals surface area contributed by atoms with Crippen LogP contribution in [0.15, 0.2) is 52.9 Å². The zero-order valence-corrected chi connectivity index (χ0v) is 18.0. The number of amides is 1. The Morgan fingerprint density at radius 1 is 1.03 bits per heavy atom. The van der Waals surface area contributed by atoms with E-state index >= 15 is 0 Å². The maximum atomic E-state index is 13.2. The molecule has 7 heteroatoms. The van der Waals surface area contributed by atoms with Crippen LogP contribution >= 0.6 is 11.6 Å². The molecule has 3 aromatic rings. The second-order valence-electron chi connectivity index (χ2n) is 7.39. The second-order valence-corrected chi connectivity index (χ2v) is 7.83. The predicted molar refractivity (Wildman–Crippen MR) is 118 cm³/mol. The Balaban J connectivity index is 1.49. The zero-order chi connectivity index (χ0) is 21.1. The summed E-state index contributed by atoms with van der Waals surface area (Å²) >= 11 is 5.94. The van der Waals surface area contributed by atoms with Gasteiger partial charge in [-0.3, -0.25) is 4.79 Å². The highest BCUT2D eigenvalue weighted by Gasteiger charge is 2.34. The standard InChI is InChI=1S/C23H25ClN4O2/c1-3-27(4-2)19-11-7-17(8-12-19)23(29)28(20-13-14-20)15-21-25-26-22(30-21)16-5-9-18(24)10-6-16/h5-12,20H,3-4,13-15H2,1-2H3. The average Bonchev–Trinajstić information content (AvgIpc) is 3.51. The summed E-state index contributed by atoms with van der Waals surface area (Å²) in [4.78, 5) is 17.3. The summed E-state index contributed by atoms with van der Waals surface area (Å²) < 4.78 is 5.82. The van der Waals surface area contributed by atoms with Crippen LogP contribution in [0.2, 0.25) is 5.02 Å². The number of carbonyl (C=O) groups is 1. The van der Waals surface area contributed by atoms with Crippen LogP contribution < -0.4 is 4.90 Å². The SMILES string of the molecule is CCN(CC)c1ccc(C(=O)N(Cc2nnc(-c3ccc(Cl)cc3)o2)C2CC2)cc1. The van der Waals surface area contributed by atoms with Crippen molar-refractivity contribution in [1.29, 1.82) is 0 Å². The van der Waals surface area contributed by atoms with Crippen molar-refractivity contribution in [3.63, 3.8) is 0 Å². The van der Waals surface area contributed by atoms with Crippen molar-refractivity contribution >= 4 is 23.2 Å². The van der Waals surface area contributed by atoms with Gasteiger partial charge in [-0.2, -0.15) is 0 Å². The molecule has 4 rings (SSSR count). The van der Waals surface area contributed by atoms with Crippen LogP contribution in [-0.4, -0.2) is 40.1 Å². The summed E-state index contributed by atoms with van der Waals surface area (Å²) in [6.45, 7) is 6.43. The number of carbonyl (C=O) groups excluding carboxylic acids is 1. The number of anilines is 1. The molecule has 0 bridgehead atoms. The quantitative estimate of drug-likeness (QED) is 0.506. The van der Waals surface area contributed by atoms with E-state index in [1.807, 2.05) is 41.3 Å². The largest absolute Gasteiger partial charge is 0.419 e. The summed E-state index contributed by atoms with van der Waals surface area (Å²) in [6, 6.07) is 15.3. The lowest BCUT2D eigenvalue weighted by Crippen LogP contribution is -2.32. The van der Waals surface area contributed by atoms with E-state index < -0.39 is 0 Å². The van der Waals surface area contributed by atoms with Crippen molar-refractivity contribution in [3.8, 4) is 11.5 Å². The number of aromatic nitrogens is 2. The van der Waals surface area contributed by atoms with Gasteiger partial charge in [0.15, 0.2) is 0 Å². The molecule has 6 nitrogen and oxygen atoms in total. The molecular weight excluding hydrogens is 400 g/mol. The summed E-state index contributed by atoms with van der Waals surface area (Å²) in [5, 5.41) is 8.93. The fourth-order valence-electron chi connectivity index (χ4n) is 3.49. The van der Waals surface area contributed by atoms with Crippen molar-refractivity contribution < 1.29 is 9.21 Å². The first kappa shape index (κ1) is 20.4. The molecule has 1 aliphatic carbocycles. The smallest absolute Gasteiger partial charge is 0.254 e. The third kappa shape index (κ3) is 4.49. The van der Waals surface area contributed by atoms with Gasteiger partial charge < -0.3 is 14.2 Å². The van der Waals surface area contributed by atoms with Crippen LogP contribution in [0.1, 0.15) is 42.9 Å². The Morgan fingerprint density at radius 3 is 2.30 bits per heavy atom. The molecule has 1 fully saturated rings. The van der Waals surface area contributed by atoms with Gasteiger partial charge in [0.1, 0.15) is 0 Å². The highest BCUT2D eigenvalue weighted by atomic mass is 35.5. The van der Waals surface area contributed by atoms with Crippen LogP contribution in [0, 0.1) is 0 Å². The predicted octanol–water partition coefficient (Wildman–Crippen LogP) is 5.04. The number of hydrogen-bond donors (Lipinski definition) is 0. The highest BCUT2D eigenvalue weighted by molar-refractivity contribution is 6.30. The van der Waals surface area contributed by atoms with E-state index in [-0.39, 0.29) is 11.9 Å². The molecule has 1 heterocycles. The summed E-state index contributed by atoms with van der Waals surface area (Å²) in [5.74, 6) is 0.850.